The number of carbonyl (C=O) groups is 1. The summed E-state index contributed by atoms with van der Waals surface area (Å²) in [4.78, 5) is 11.0. The molecule has 1 aliphatic carbocycles. The van der Waals surface area contributed by atoms with Crippen molar-refractivity contribution >= 4 is 27.3 Å². The van der Waals surface area contributed by atoms with E-state index in [-0.39, 0.29) is 15.1 Å². The first kappa shape index (κ1) is 15.0. The van der Waals surface area contributed by atoms with E-state index in [4.69, 9.17) is 5.11 Å². The highest BCUT2D eigenvalue weighted by Crippen LogP contribution is 2.39. The van der Waals surface area contributed by atoms with Gasteiger partial charge in [0.25, 0.3) is 10.0 Å². The van der Waals surface area contributed by atoms with Crippen LogP contribution in [0.5, 0.6) is 0 Å². The topological polar surface area (TPSA) is 74.7 Å². The van der Waals surface area contributed by atoms with E-state index in [9.17, 15) is 13.2 Å². The fourth-order valence-electron chi connectivity index (χ4n) is 3.57. The molecule has 1 aromatic rings. The van der Waals surface area contributed by atoms with Crippen LogP contribution in [-0.2, 0) is 10.0 Å². The minimum absolute atomic E-state index is 0.0748. The van der Waals surface area contributed by atoms with Gasteiger partial charge in [-0.1, -0.05) is 12.8 Å². The van der Waals surface area contributed by atoms with Crippen LogP contribution in [0, 0.1) is 5.92 Å². The quantitative estimate of drug-likeness (QED) is 0.925. The number of hydrogen-bond acceptors (Lipinski definition) is 4. The first-order valence-electron chi connectivity index (χ1n) is 7.35. The number of hydrogen-bond donors (Lipinski definition) is 1. The number of sulfonamides is 1. The number of aromatic carboxylic acids is 1. The lowest BCUT2D eigenvalue weighted by molar-refractivity contribution is 0.0702. The molecule has 5 nitrogen and oxygen atoms in total. The van der Waals surface area contributed by atoms with Crippen molar-refractivity contribution in [1.29, 1.82) is 0 Å². The Bertz CT molecular complexity index is 635. The second-order valence-electron chi connectivity index (χ2n) is 5.79. The van der Waals surface area contributed by atoms with Crippen molar-refractivity contribution in [1.82, 2.24) is 4.31 Å². The molecule has 7 heteroatoms. The molecule has 1 saturated heterocycles. The summed E-state index contributed by atoms with van der Waals surface area (Å²) < 4.78 is 27.4. The predicted molar refractivity (Wildman–Crippen MR) is 80.2 cm³/mol. The summed E-state index contributed by atoms with van der Waals surface area (Å²) in [5.74, 6) is -0.600. The third-order valence-electron chi connectivity index (χ3n) is 4.55. The average molecular weight is 329 g/mol. The van der Waals surface area contributed by atoms with Gasteiger partial charge < -0.3 is 5.11 Å². The van der Waals surface area contributed by atoms with E-state index in [0.717, 1.165) is 43.4 Å². The highest BCUT2D eigenvalue weighted by atomic mass is 32.2. The van der Waals surface area contributed by atoms with Gasteiger partial charge in [0.1, 0.15) is 9.09 Å². The Morgan fingerprint density at radius 1 is 1.19 bits per heavy atom. The SMILES string of the molecule is O=C(O)c1ccc(S(=O)(=O)N2CCCC3CCCCC32)s1. The van der Waals surface area contributed by atoms with Gasteiger partial charge in [0.2, 0.25) is 0 Å². The van der Waals surface area contributed by atoms with E-state index < -0.39 is 16.0 Å². The highest BCUT2D eigenvalue weighted by molar-refractivity contribution is 7.91. The van der Waals surface area contributed by atoms with Crippen LogP contribution in [0.15, 0.2) is 16.3 Å². The first-order chi connectivity index (χ1) is 10.00. The van der Waals surface area contributed by atoms with E-state index in [1.165, 1.54) is 18.6 Å². The van der Waals surface area contributed by atoms with Crippen LogP contribution < -0.4 is 0 Å². The monoisotopic (exact) mass is 329 g/mol. The van der Waals surface area contributed by atoms with Crippen molar-refractivity contribution in [3.63, 3.8) is 0 Å². The van der Waals surface area contributed by atoms with Crippen molar-refractivity contribution in [3.05, 3.63) is 17.0 Å². The minimum atomic E-state index is -3.56. The lowest BCUT2D eigenvalue weighted by Crippen LogP contribution is -2.49. The minimum Gasteiger partial charge on any atom is -0.477 e. The normalized spacial score (nSPS) is 27.2. The molecule has 1 aliphatic heterocycles. The third-order valence-corrected chi connectivity index (χ3v) is 8.01. The van der Waals surface area contributed by atoms with Crippen molar-refractivity contribution in [3.8, 4) is 0 Å². The van der Waals surface area contributed by atoms with E-state index in [0.29, 0.717) is 12.5 Å². The lowest BCUT2D eigenvalue weighted by atomic mass is 9.79. The second-order valence-corrected chi connectivity index (χ2v) is 8.99. The number of nitrogens with zero attached hydrogens (tertiary/aromatic N) is 1. The van der Waals surface area contributed by atoms with Gasteiger partial charge in [0.15, 0.2) is 0 Å². The zero-order valence-electron chi connectivity index (χ0n) is 11.7. The van der Waals surface area contributed by atoms with Crippen molar-refractivity contribution in [2.75, 3.05) is 6.54 Å². The van der Waals surface area contributed by atoms with Crippen LogP contribution in [0.3, 0.4) is 0 Å². The summed E-state index contributed by atoms with van der Waals surface area (Å²) >= 11 is 0.852. The molecule has 116 valence electrons. The molecular weight excluding hydrogens is 310 g/mol. The average Bonchev–Trinajstić information content (AvgIpc) is 2.97. The number of carboxylic acids is 1. The Morgan fingerprint density at radius 2 is 1.90 bits per heavy atom. The van der Waals surface area contributed by atoms with Crippen molar-refractivity contribution in [2.24, 2.45) is 5.92 Å². The van der Waals surface area contributed by atoms with Crippen LogP contribution in [0.25, 0.3) is 0 Å². The van der Waals surface area contributed by atoms with Gasteiger partial charge in [-0.25, -0.2) is 13.2 Å². The molecule has 3 rings (SSSR count). The molecule has 0 bridgehead atoms. The van der Waals surface area contributed by atoms with Gasteiger partial charge in [-0.2, -0.15) is 4.31 Å². The summed E-state index contributed by atoms with van der Waals surface area (Å²) in [5, 5.41) is 8.96. The molecule has 2 aliphatic rings. The van der Waals surface area contributed by atoms with Crippen LogP contribution in [0.4, 0.5) is 0 Å². The summed E-state index contributed by atoms with van der Waals surface area (Å²) in [6.45, 7) is 0.559. The highest BCUT2D eigenvalue weighted by Gasteiger charge is 2.40. The zero-order chi connectivity index (χ0) is 15.0. The van der Waals surface area contributed by atoms with Gasteiger partial charge >= 0.3 is 5.97 Å². The Labute approximate surface area is 128 Å². The molecule has 2 atom stereocenters. The van der Waals surface area contributed by atoms with E-state index in [1.807, 2.05) is 0 Å². The molecule has 1 saturated carbocycles. The number of carboxylic acid groups (broad SMARTS) is 1. The fourth-order valence-corrected chi connectivity index (χ4v) is 6.60. The Kier molecular flexibility index (Phi) is 4.07. The standard InChI is InChI=1S/C14H19NO4S2/c16-14(17)12-7-8-13(20-12)21(18,19)15-9-3-5-10-4-1-2-6-11(10)15/h7-8,10-11H,1-6,9H2,(H,16,17). The van der Waals surface area contributed by atoms with E-state index >= 15 is 0 Å². The maximum absolute atomic E-state index is 12.8. The summed E-state index contributed by atoms with van der Waals surface area (Å²) in [6, 6.07) is 2.91. The van der Waals surface area contributed by atoms with Gasteiger partial charge in [-0.05, 0) is 43.7 Å². The lowest BCUT2D eigenvalue weighted by Gasteiger charge is -2.42. The van der Waals surface area contributed by atoms with Crippen LogP contribution in [0.2, 0.25) is 0 Å². The Hall–Kier alpha value is -0.920. The number of fused-ring (bicyclic) bond motifs is 1. The second kappa shape index (κ2) is 5.70. The fraction of sp³-hybridized carbons (Fsp3) is 0.643. The molecule has 1 aromatic heterocycles. The Balaban J connectivity index is 1.90. The number of thiophene rings is 1. The summed E-state index contributed by atoms with van der Waals surface area (Å²) in [7, 11) is -3.56. The van der Waals surface area contributed by atoms with E-state index in [2.05, 4.69) is 0 Å². The van der Waals surface area contributed by atoms with Crippen LogP contribution >= 0.6 is 11.3 Å². The van der Waals surface area contributed by atoms with Crippen molar-refractivity contribution in [2.45, 2.75) is 48.8 Å². The third kappa shape index (κ3) is 2.74. The molecule has 21 heavy (non-hydrogen) atoms. The predicted octanol–water partition coefficient (Wildman–Crippen LogP) is 2.79. The number of piperidine rings is 1. The molecular formula is C14H19NO4S2. The molecule has 2 unspecified atom stereocenters. The first-order valence-corrected chi connectivity index (χ1v) is 9.61. The van der Waals surface area contributed by atoms with E-state index in [1.54, 1.807) is 4.31 Å². The molecule has 2 fully saturated rings. The van der Waals surface area contributed by atoms with Crippen molar-refractivity contribution < 1.29 is 18.3 Å². The van der Waals surface area contributed by atoms with Gasteiger partial charge in [-0.3, -0.25) is 0 Å². The molecule has 0 spiro atoms. The molecule has 0 radical (unpaired) electrons. The van der Waals surface area contributed by atoms with Gasteiger partial charge in [-0.15, -0.1) is 11.3 Å². The Morgan fingerprint density at radius 3 is 2.62 bits per heavy atom. The summed E-state index contributed by atoms with van der Waals surface area (Å²) in [5.41, 5.74) is 0. The smallest absolute Gasteiger partial charge is 0.345 e. The molecule has 0 amide bonds. The maximum atomic E-state index is 12.8. The largest absolute Gasteiger partial charge is 0.477 e. The van der Waals surface area contributed by atoms with Crippen LogP contribution in [0.1, 0.15) is 48.2 Å². The summed E-state index contributed by atoms with van der Waals surface area (Å²) in [6.07, 6.45) is 6.33. The van der Waals surface area contributed by atoms with Gasteiger partial charge in [0.05, 0.1) is 0 Å². The molecule has 0 aromatic carbocycles. The molecule has 2 heterocycles. The molecule has 1 N–H and O–H groups in total. The maximum Gasteiger partial charge on any atom is 0.345 e. The van der Waals surface area contributed by atoms with Gasteiger partial charge in [0, 0.05) is 12.6 Å². The number of rotatable bonds is 3. The van der Waals surface area contributed by atoms with Crippen LogP contribution in [-0.4, -0.2) is 36.4 Å². The zero-order valence-corrected chi connectivity index (χ0v) is 13.3.